The molecule has 0 atom stereocenters. The Hall–Kier alpha value is -2.65. The van der Waals surface area contributed by atoms with Crippen LogP contribution in [0.25, 0.3) is 0 Å². The molecule has 29 heavy (non-hydrogen) atoms. The number of anilines is 1. The summed E-state index contributed by atoms with van der Waals surface area (Å²) in [6, 6.07) is 11.1. The van der Waals surface area contributed by atoms with Gasteiger partial charge in [-0.3, -0.25) is 10.1 Å². The van der Waals surface area contributed by atoms with Gasteiger partial charge in [0.2, 0.25) is 10.0 Å². The monoisotopic (exact) mass is 419 g/mol. The van der Waals surface area contributed by atoms with Gasteiger partial charge in [0.1, 0.15) is 5.75 Å². The number of benzene rings is 2. The average Bonchev–Trinajstić information content (AvgIpc) is 3.02. The number of nitro groups is 1. The summed E-state index contributed by atoms with van der Waals surface area (Å²) in [5.74, 6) is 0.471. The molecule has 0 saturated carbocycles. The van der Waals surface area contributed by atoms with Crippen molar-refractivity contribution in [1.82, 2.24) is 4.31 Å². The lowest BCUT2D eigenvalue weighted by molar-refractivity contribution is -0.385. The van der Waals surface area contributed by atoms with Crippen LogP contribution in [0, 0.1) is 10.1 Å². The molecule has 1 saturated heterocycles. The number of nitrogens with one attached hydrogen (secondary N) is 1. The van der Waals surface area contributed by atoms with Crippen LogP contribution in [0.4, 0.5) is 11.4 Å². The first kappa shape index (κ1) is 21.1. The zero-order valence-corrected chi connectivity index (χ0v) is 17.2. The van der Waals surface area contributed by atoms with Crippen molar-refractivity contribution in [2.24, 2.45) is 0 Å². The summed E-state index contributed by atoms with van der Waals surface area (Å²) in [5, 5.41) is 14.3. The Kier molecular flexibility index (Phi) is 6.71. The first-order valence-electron chi connectivity index (χ1n) is 9.58. The maximum atomic E-state index is 13.1. The number of methoxy groups -OCH3 is 1. The molecular formula is C20H25N3O5S. The van der Waals surface area contributed by atoms with Gasteiger partial charge in [-0.25, -0.2) is 8.42 Å². The van der Waals surface area contributed by atoms with Gasteiger partial charge in [-0.05, 0) is 31.0 Å². The van der Waals surface area contributed by atoms with Crippen LogP contribution in [0.3, 0.4) is 0 Å². The Morgan fingerprint density at radius 2 is 1.79 bits per heavy atom. The van der Waals surface area contributed by atoms with Crippen molar-refractivity contribution in [3.05, 3.63) is 58.1 Å². The lowest BCUT2D eigenvalue weighted by Crippen LogP contribution is -2.32. The lowest BCUT2D eigenvalue weighted by atomic mass is 10.1. The first-order chi connectivity index (χ1) is 13.9. The second-order valence-electron chi connectivity index (χ2n) is 6.92. The number of hydrogen-bond donors (Lipinski definition) is 1. The van der Waals surface area contributed by atoms with Crippen molar-refractivity contribution < 1.29 is 18.1 Å². The number of nitro benzene ring substituents is 1. The number of ether oxygens (including phenoxy) is 1. The Morgan fingerprint density at radius 3 is 2.45 bits per heavy atom. The van der Waals surface area contributed by atoms with Crippen molar-refractivity contribution in [2.75, 3.05) is 25.5 Å². The fraction of sp³-hybridized carbons (Fsp3) is 0.400. The van der Waals surface area contributed by atoms with Gasteiger partial charge >= 0.3 is 0 Å². The summed E-state index contributed by atoms with van der Waals surface area (Å²) >= 11 is 0. The van der Waals surface area contributed by atoms with Gasteiger partial charge < -0.3 is 10.1 Å². The summed E-state index contributed by atoms with van der Waals surface area (Å²) in [5.41, 5.74) is 0.981. The molecule has 0 aliphatic carbocycles. The summed E-state index contributed by atoms with van der Waals surface area (Å²) < 4.78 is 33.0. The minimum absolute atomic E-state index is 0.00677. The van der Waals surface area contributed by atoms with E-state index in [-0.39, 0.29) is 17.1 Å². The van der Waals surface area contributed by atoms with E-state index in [1.807, 2.05) is 0 Å². The third kappa shape index (κ3) is 4.86. The molecule has 3 rings (SSSR count). The predicted molar refractivity (Wildman–Crippen MR) is 111 cm³/mol. The van der Waals surface area contributed by atoms with Gasteiger partial charge in [0.05, 0.1) is 22.6 Å². The van der Waals surface area contributed by atoms with Crippen LogP contribution in [0.1, 0.15) is 31.2 Å². The Bertz CT molecular complexity index is 970. The van der Waals surface area contributed by atoms with Crippen molar-refractivity contribution in [2.45, 2.75) is 37.1 Å². The second kappa shape index (κ2) is 9.23. The Balaban J connectivity index is 1.87. The lowest BCUT2D eigenvalue weighted by Gasteiger charge is -2.21. The average molecular weight is 420 g/mol. The van der Waals surface area contributed by atoms with E-state index < -0.39 is 14.9 Å². The molecule has 1 N–H and O–H groups in total. The summed E-state index contributed by atoms with van der Waals surface area (Å²) in [7, 11) is -2.11. The first-order valence-corrected chi connectivity index (χ1v) is 11.0. The third-order valence-corrected chi connectivity index (χ3v) is 6.93. The second-order valence-corrected chi connectivity index (χ2v) is 8.86. The quantitative estimate of drug-likeness (QED) is 0.541. The van der Waals surface area contributed by atoms with Crippen molar-refractivity contribution >= 4 is 21.4 Å². The number of para-hydroxylation sites is 1. The topological polar surface area (TPSA) is 102 Å². The fourth-order valence-electron chi connectivity index (χ4n) is 3.45. The van der Waals surface area contributed by atoms with Crippen LogP contribution in [-0.4, -0.2) is 37.8 Å². The van der Waals surface area contributed by atoms with Crippen LogP contribution in [0.15, 0.2) is 47.4 Å². The maximum Gasteiger partial charge on any atom is 0.274 e. The number of sulfonamides is 1. The number of rotatable bonds is 7. The van der Waals surface area contributed by atoms with Crippen LogP contribution < -0.4 is 10.1 Å². The van der Waals surface area contributed by atoms with Gasteiger partial charge in [-0.1, -0.05) is 31.0 Å². The number of nitrogens with zero attached hydrogens (tertiary/aromatic N) is 2. The molecule has 9 heteroatoms. The minimum Gasteiger partial charge on any atom is -0.495 e. The standard InChI is InChI=1S/C20H25N3O5S/c1-28-20-11-10-17(29(26,27)22-12-6-2-3-7-13-22)14-18(20)21-15-16-8-4-5-9-19(16)23(24)25/h4-5,8-11,14,21H,2-3,6-7,12-13,15H2,1H3. The van der Waals surface area contributed by atoms with E-state index in [9.17, 15) is 18.5 Å². The van der Waals surface area contributed by atoms with Gasteiger partial charge in [0.15, 0.2) is 0 Å². The van der Waals surface area contributed by atoms with E-state index in [1.54, 1.807) is 24.3 Å². The molecule has 8 nitrogen and oxygen atoms in total. The Labute approximate surface area is 170 Å². The summed E-state index contributed by atoms with van der Waals surface area (Å²) in [6.07, 6.45) is 3.80. The molecule has 0 unspecified atom stereocenters. The highest BCUT2D eigenvalue weighted by Gasteiger charge is 2.26. The smallest absolute Gasteiger partial charge is 0.274 e. The minimum atomic E-state index is -3.61. The molecule has 0 bridgehead atoms. The molecule has 0 amide bonds. The van der Waals surface area contributed by atoms with Crippen molar-refractivity contribution in [3.63, 3.8) is 0 Å². The van der Waals surface area contributed by atoms with E-state index >= 15 is 0 Å². The van der Waals surface area contributed by atoms with E-state index in [2.05, 4.69) is 5.32 Å². The van der Waals surface area contributed by atoms with Gasteiger partial charge in [0.25, 0.3) is 5.69 Å². The molecule has 1 heterocycles. The fourth-order valence-corrected chi connectivity index (χ4v) is 4.99. The zero-order valence-electron chi connectivity index (χ0n) is 16.3. The van der Waals surface area contributed by atoms with Crippen LogP contribution in [0.2, 0.25) is 0 Å². The van der Waals surface area contributed by atoms with Gasteiger partial charge in [-0.15, -0.1) is 0 Å². The highest BCUT2D eigenvalue weighted by Crippen LogP contribution is 2.31. The molecule has 156 valence electrons. The molecule has 1 aliphatic rings. The largest absolute Gasteiger partial charge is 0.495 e. The highest BCUT2D eigenvalue weighted by molar-refractivity contribution is 7.89. The van der Waals surface area contributed by atoms with Crippen molar-refractivity contribution in [1.29, 1.82) is 0 Å². The molecule has 1 fully saturated rings. The van der Waals surface area contributed by atoms with E-state index in [0.29, 0.717) is 30.1 Å². The Morgan fingerprint density at radius 1 is 1.10 bits per heavy atom. The predicted octanol–water partition coefficient (Wildman–Crippen LogP) is 3.78. The summed E-state index contributed by atoms with van der Waals surface area (Å²) in [4.78, 5) is 11.0. The van der Waals surface area contributed by atoms with E-state index in [4.69, 9.17) is 4.74 Å². The van der Waals surface area contributed by atoms with E-state index in [1.165, 1.54) is 29.6 Å². The highest BCUT2D eigenvalue weighted by atomic mass is 32.2. The SMILES string of the molecule is COc1ccc(S(=O)(=O)N2CCCCCC2)cc1NCc1ccccc1[N+](=O)[O-]. The van der Waals surface area contributed by atoms with Crippen LogP contribution >= 0.6 is 0 Å². The molecular weight excluding hydrogens is 394 g/mol. The normalized spacial score (nSPS) is 15.5. The molecule has 2 aromatic rings. The third-order valence-electron chi connectivity index (χ3n) is 5.03. The van der Waals surface area contributed by atoms with Crippen LogP contribution in [0.5, 0.6) is 5.75 Å². The van der Waals surface area contributed by atoms with Crippen LogP contribution in [-0.2, 0) is 16.6 Å². The number of hydrogen-bond acceptors (Lipinski definition) is 6. The molecule has 0 spiro atoms. The summed E-state index contributed by atoms with van der Waals surface area (Å²) in [6.45, 7) is 1.21. The van der Waals surface area contributed by atoms with E-state index in [0.717, 1.165) is 25.7 Å². The maximum absolute atomic E-state index is 13.1. The molecule has 1 aliphatic heterocycles. The van der Waals surface area contributed by atoms with Crippen molar-refractivity contribution in [3.8, 4) is 5.75 Å². The zero-order chi connectivity index (χ0) is 20.9. The molecule has 2 aromatic carbocycles. The van der Waals surface area contributed by atoms with Gasteiger partial charge in [-0.2, -0.15) is 4.31 Å². The molecule has 0 aromatic heterocycles. The molecule has 0 radical (unpaired) electrons. The van der Waals surface area contributed by atoms with Gasteiger partial charge in [0, 0.05) is 31.3 Å².